The lowest BCUT2D eigenvalue weighted by Crippen LogP contribution is -2.34. The first-order valence-electron chi connectivity index (χ1n) is 14.0. The zero-order chi connectivity index (χ0) is 32.9. The molecule has 4 nitrogen and oxygen atoms in total. The Balaban J connectivity index is 0.000000240. The van der Waals surface area contributed by atoms with E-state index in [1.165, 1.54) is 17.0 Å². The number of carbonyl (C=O) groups excluding carboxylic acids is 1. The Bertz CT molecular complexity index is 1560. The van der Waals surface area contributed by atoms with Crippen molar-refractivity contribution in [2.24, 2.45) is 11.8 Å². The van der Waals surface area contributed by atoms with E-state index in [0.29, 0.717) is 37.4 Å². The number of nitrogens with zero attached hydrogens (tertiary/aromatic N) is 2. The normalized spacial score (nSPS) is 16.3. The molecule has 0 radical (unpaired) electrons. The Labute approximate surface area is 261 Å². The molecule has 0 bridgehead atoms. The Hall–Kier alpha value is -3.24. The van der Waals surface area contributed by atoms with Gasteiger partial charge in [0.25, 0.3) is 0 Å². The van der Waals surface area contributed by atoms with Crippen LogP contribution in [0, 0.1) is 46.7 Å². The van der Waals surface area contributed by atoms with Crippen LogP contribution >= 0.6 is 23.2 Å². The predicted molar refractivity (Wildman–Crippen MR) is 159 cm³/mol. The molecule has 4 rings (SSSR count). The minimum atomic E-state index is -1.06. The van der Waals surface area contributed by atoms with Crippen LogP contribution in [0.1, 0.15) is 58.6 Å². The second-order valence-electron chi connectivity index (χ2n) is 10.9. The van der Waals surface area contributed by atoms with E-state index < -0.39 is 51.9 Å². The van der Waals surface area contributed by atoms with Crippen molar-refractivity contribution in [3.63, 3.8) is 0 Å². The van der Waals surface area contributed by atoms with Crippen LogP contribution in [0.15, 0.2) is 52.6 Å². The molecule has 2 aromatic carbocycles. The molecule has 2 heterocycles. The van der Waals surface area contributed by atoms with Crippen molar-refractivity contribution < 1.29 is 31.1 Å². The third-order valence-electron chi connectivity index (χ3n) is 7.47. The quantitative estimate of drug-likeness (QED) is 0.226. The highest BCUT2D eigenvalue weighted by molar-refractivity contribution is 6.42. The molecule has 0 N–H and O–H groups in total. The molecule has 3 unspecified atom stereocenters. The maximum atomic E-state index is 14.0. The molecule has 12 heteroatoms. The number of allylic oxidation sites excluding steroid dienone is 1. The number of hydrogen-bond acceptors (Lipinski definition) is 3. The van der Waals surface area contributed by atoms with Gasteiger partial charge in [-0.25, -0.2) is 26.3 Å². The molecule has 238 valence electrons. The van der Waals surface area contributed by atoms with Crippen LogP contribution in [-0.4, -0.2) is 21.8 Å². The van der Waals surface area contributed by atoms with Gasteiger partial charge in [0.05, 0.1) is 22.3 Å². The molecule has 3 aromatic rings. The summed E-state index contributed by atoms with van der Waals surface area (Å²) in [6.45, 7) is 8.87. The Morgan fingerprint density at radius 3 is 1.82 bits per heavy atom. The van der Waals surface area contributed by atoms with E-state index in [1.807, 2.05) is 27.7 Å². The van der Waals surface area contributed by atoms with Gasteiger partial charge >= 0.3 is 0 Å². The molecule has 0 saturated carbocycles. The third-order valence-corrected chi connectivity index (χ3v) is 8.06. The first kappa shape index (κ1) is 35.2. The summed E-state index contributed by atoms with van der Waals surface area (Å²) in [7, 11) is 0. The van der Waals surface area contributed by atoms with Crippen molar-refractivity contribution in [3.8, 4) is 11.3 Å². The second kappa shape index (κ2) is 15.2. The fourth-order valence-corrected chi connectivity index (χ4v) is 5.05. The second-order valence-corrected chi connectivity index (χ2v) is 11.7. The number of rotatable bonds is 8. The van der Waals surface area contributed by atoms with Crippen LogP contribution in [0.3, 0.4) is 0 Å². The number of ketones is 1. The van der Waals surface area contributed by atoms with Crippen molar-refractivity contribution >= 4 is 29.0 Å². The average Bonchev–Trinajstić information content (AvgIpc) is 2.93. The Kier molecular flexibility index (Phi) is 12.1. The summed E-state index contributed by atoms with van der Waals surface area (Å²) < 4.78 is 83.8. The number of aromatic nitrogens is 1. The topological polar surface area (TPSA) is 42.3 Å². The van der Waals surface area contributed by atoms with Gasteiger partial charge in [-0.2, -0.15) is 0 Å². The molecule has 1 aliphatic rings. The Morgan fingerprint density at radius 2 is 1.30 bits per heavy atom. The molecule has 0 amide bonds. The fraction of sp³-hybridized carbons (Fsp3) is 0.375. The highest BCUT2D eigenvalue weighted by Crippen LogP contribution is 2.36. The monoisotopic (exact) mass is 660 g/mol. The van der Waals surface area contributed by atoms with Gasteiger partial charge < -0.3 is 9.47 Å². The van der Waals surface area contributed by atoms with Crippen molar-refractivity contribution in [1.29, 1.82) is 0 Å². The fourth-order valence-electron chi connectivity index (χ4n) is 4.67. The van der Waals surface area contributed by atoms with Gasteiger partial charge in [-0.15, -0.1) is 0 Å². The van der Waals surface area contributed by atoms with Crippen LogP contribution in [0.5, 0.6) is 0 Å². The molecule has 0 spiro atoms. The molecule has 0 aliphatic carbocycles. The summed E-state index contributed by atoms with van der Waals surface area (Å²) in [4.78, 5) is 25.2. The lowest BCUT2D eigenvalue weighted by atomic mass is 9.94. The standard InChI is InChI=1S/C16H17ClF3NO.C16H15ClF3NO/c2*1-3-9(2)7-21-8-11(17)15(22)6-14(21)16-12(19)4-10(18)5-13(16)20/h4-5,8-9,14H,3,6-7H2,1-2H3;4-6,8-9H,3,7H2,1-2H3. The van der Waals surface area contributed by atoms with E-state index in [4.69, 9.17) is 23.2 Å². The van der Waals surface area contributed by atoms with Crippen molar-refractivity contribution in [2.45, 2.75) is 59.5 Å². The maximum absolute atomic E-state index is 14.0. The van der Waals surface area contributed by atoms with Crippen molar-refractivity contribution in [2.75, 3.05) is 6.54 Å². The maximum Gasteiger partial charge on any atom is 0.200 e. The van der Waals surface area contributed by atoms with Gasteiger partial charge in [0.15, 0.2) is 5.78 Å². The van der Waals surface area contributed by atoms with Gasteiger partial charge in [0, 0.05) is 67.8 Å². The summed E-state index contributed by atoms with van der Waals surface area (Å²) >= 11 is 11.7. The summed E-state index contributed by atoms with van der Waals surface area (Å²) in [5, 5.41) is 0.0115. The number of halogens is 8. The molecule has 1 aliphatic heterocycles. The van der Waals surface area contributed by atoms with E-state index in [0.717, 1.165) is 18.9 Å². The SMILES string of the molecule is CCC(C)CN1C=C(Cl)C(=O)CC1c1c(F)cc(F)cc1F.CCC(C)Cn1cc(Cl)c(=O)cc1-c1c(F)cc(F)cc1F. The van der Waals surface area contributed by atoms with Crippen molar-refractivity contribution in [3.05, 3.63) is 103 Å². The van der Waals surface area contributed by atoms with E-state index in [-0.39, 0.29) is 45.4 Å². The minimum Gasteiger partial charge on any atom is -0.368 e. The predicted octanol–water partition coefficient (Wildman–Crippen LogP) is 9.18. The van der Waals surface area contributed by atoms with Gasteiger partial charge in [-0.3, -0.25) is 9.59 Å². The first-order chi connectivity index (χ1) is 20.7. The van der Waals surface area contributed by atoms with Crippen LogP contribution in [-0.2, 0) is 11.3 Å². The molecular formula is C32H32Cl2F6N2O2. The van der Waals surface area contributed by atoms with E-state index in [1.54, 1.807) is 4.90 Å². The third kappa shape index (κ3) is 8.47. The van der Waals surface area contributed by atoms with E-state index in [9.17, 15) is 35.9 Å². The number of carbonyl (C=O) groups is 1. The van der Waals surface area contributed by atoms with Gasteiger partial charge in [0.2, 0.25) is 5.43 Å². The average molecular weight is 662 g/mol. The van der Waals surface area contributed by atoms with Crippen LogP contribution in [0.2, 0.25) is 5.02 Å². The lowest BCUT2D eigenvalue weighted by molar-refractivity contribution is -0.117. The number of pyridine rings is 1. The molecule has 3 atom stereocenters. The van der Waals surface area contributed by atoms with Crippen LogP contribution < -0.4 is 5.43 Å². The van der Waals surface area contributed by atoms with Crippen LogP contribution in [0.25, 0.3) is 11.3 Å². The van der Waals surface area contributed by atoms with Gasteiger partial charge in [-0.05, 0) is 11.8 Å². The first-order valence-corrected chi connectivity index (χ1v) is 14.8. The highest BCUT2D eigenvalue weighted by Gasteiger charge is 2.33. The molecule has 44 heavy (non-hydrogen) atoms. The summed E-state index contributed by atoms with van der Waals surface area (Å²) in [5.41, 5.74) is -1.22. The van der Waals surface area contributed by atoms with Gasteiger partial charge in [-0.1, -0.05) is 63.7 Å². The smallest absolute Gasteiger partial charge is 0.200 e. The minimum absolute atomic E-state index is 0.0324. The highest BCUT2D eigenvalue weighted by atomic mass is 35.5. The molecule has 1 aromatic heterocycles. The molecular weight excluding hydrogens is 629 g/mol. The number of benzene rings is 2. The molecule has 0 saturated heterocycles. The van der Waals surface area contributed by atoms with E-state index in [2.05, 4.69) is 0 Å². The Morgan fingerprint density at radius 1 is 0.795 bits per heavy atom. The molecule has 0 fully saturated rings. The number of Topliss-reactive ketones (excluding diaryl/α,β-unsaturated/α-hetero) is 1. The summed E-state index contributed by atoms with van der Waals surface area (Å²) in [6.07, 6.45) is 4.36. The summed E-state index contributed by atoms with van der Waals surface area (Å²) in [5.74, 6) is -6.01. The van der Waals surface area contributed by atoms with Gasteiger partial charge in [0.1, 0.15) is 39.9 Å². The summed E-state index contributed by atoms with van der Waals surface area (Å²) in [6, 6.07) is 2.69. The van der Waals surface area contributed by atoms with Crippen LogP contribution in [0.4, 0.5) is 26.3 Å². The zero-order valence-electron chi connectivity index (χ0n) is 24.5. The largest absolute Gasteiger partial charge is 0.368 e. The zero-order valence-corrected chi connectivity index (χ0v) is 26.1. The number of hydrogen-bond donors (Lipinski definition) is 0. The van der Waals surface area contributed by atoms with E-state index >= 15 is 0 Å². The lowest BCUT2D eigenvalue weighted by Gasteiger charge is -2.36. The van der Waals surface area contributed by atoms with Crippen molar-refractivity contribution in [1.82, 2.24) is 9.47 Å².